The second-order valence-corrected chi connectivity index (χ2v) is 13.1. The predicted molar refractivity (Wildman–Crippen MR) is 223 cm³/mol. The van der Waals surface area contributed by atoms with E-state index >= 15 is 0 Å². The highest BCUT2D eigenvalue weighted by Gasteiger charge is 2.15. The second-order valence-electron chi connectivity index (χ2n) is 13.1. The summed E-state index contributed by atoms with van der Waals surface area (Å²) in [6, 6.07) is 19.2. The number of primary amides is 1. The molecule has 1 amide bonds. The minimum absolute atomic E-state index is 0.0213. The van der Waals surface area contributed by atoms with E-state index < -0.39 is 66.0 Å². The number of hydrogen-bond acceptors (Lipinski definition) is 13. The number of phenolic OH excluding ortho intramolecular Hbond substituents is 1. The van der Waals surface area contributed by atoms with Crippen molar-refractivity contribution in [3.63, 3.8) is 0 Å². The molecule has 0 saturated heterocycles. The van der Waals surface area contributed by atoms with Crippen molar-refractivity contribution in [2.24, 2.45) is 40.1 Å². The summed E-state index contributed by atoms with van der Waals surface area (Å²) in [6.07, 6.45) is 5.11. The maximum Gasteiger partial charge on any atom is 0.320 e. The minimum atomic E-state index is -1.11. The predicted octanol–water partition coefficient (Wildman–Crippen LogP) is 0.301. The molecular formula is C40H58N8O12. The number of phenols is 1. The molecule has 1 heterocycles. The van der Waals surface area contributed by atoms with E-state index in [-0.39, 0.29) is 25.0 Å². The number of carbonyl (C=O) groups is 6. The Kier molecular flexibility index (Phi) is 26.6. The van der Waals surface area contributed by atoms with Gasteiger partial charge in [-0.05, 0) is 73.5 Å². The van der Waals surface area contributed by atoms with Gasteiger partial charge in [-0.2, -0.15) is 0 Å². The number of aromatic amines is 1. The van der Waals surface area contributed by atoms with Crippen LogP contribution in [0.25, 0.3) is 10.9 Å². The Bertz CT molecular complexity index is 1890. The van der Waals surface area contributed by atoms with Crippen molar-refractivity contribution >= 4 is 46.7 Å². The van der Waals surface area contributed by atoms with Crippen LogP contribution in [0.15, 0.2) is 85.1 Å². The first kappa shape index (κ1) is 53.6. The summed E-state index contributed by atoms with van der Waals surface area (Å²) < 4.78 is 0. The van der Waals surface area contributed by atoms with Gasteiger partial charge in [-0.15, -0.1) is 0 Å². The van der Waals surface area contributed by atoms with E-state index in [2.05, 4.69) is 4.98 Å². The van der Waals surface area contributed by atoms with E-state index in [1.807, 2.05) is 60.8 Å². The number of amides is 1. The number of carboxylic acids is 5. The fourth-order valence-corrected chi connectivity index (χ4v) is 4.61. The molecule has 60 heavy (non-hydrogen) atoms. The monoisotopic (exact) mass is 842 g/mol. The number of aromatic nitrogens is 1. The van der Waals surface area contributed by atoms with Gasteiger partial charge < -0.3 is 75.8 Å². The highest BCUT2D eigenvalue weighted by molar-refractivity contribution is 5.84. The molecule has 0 aliphatic heterocycles. The Morgan fingerprint density at radius 3 is 1.43 bits per heavy atom. The second kappa shape index (κ2) is 29.7. The maximum absolute atomic E-state index is 10.6. The average molecular weight is 843 g/mol. The number of nitrogens with two attached hydrogens (primary N) is 7. The zero-order chi connectivity index (χ0) is 45.8. The van der Waals surface area contributed by atoms with E-state index in [1.54, 1.807) is 12.1 Å². The molecule has 330 valence electrons. The van der Waals surface area contributed by atoms with E-state index in [0.29, 0.717) is 25.8 Å². The number of benzene rings is 3. The van der Waals surface area contributed by atoms with Crippen molar-refractivity contribution in [3.05, 3.63) is 102 Å². The molecular weight excluding hydrogens is 784 g/mol. The Hall–Kier alpha value is -6.42. The average Bonchev–Trinajstić information content (AvgIpc) is 3.61. The number of rotatable bonds is 18. The molecule has 1 aromatic heterocycles. The number of aliphatic carboxylic acids is 5. The lowest BCUT2D eigenvalue weighted by Gasteiger charge is -2.05. The number of nitrogens with one attached hydrogen (secondary N) is 1. The van der Waals surface area contributed by atoms with Crippen molar-refractivity contribution in [2.45, 2.75) is 81.6 Å². The lowest BCUT2D eigenvalue weighted by molar-refractivity contribution is -0.139. The number of aromatic hydroxyl groups is 1. The highest BCUT2D eigenvalue weighted by atomic mass is 16.4. The summed E-state index contributed by atoms with van der Waals surface area (Å²) in [5.74, 6) is -5.37. The molecule has 0 saturated carbocycles. The topological polar surface area (TPSA) is 422 Å². The maximum atomic E-state index is 10.6. The Morgan fingerprint density at radius 2 is 0.967 bits per heavy atom. The van der Waals surface area contributed by atoms with Crippen LogP contribution in [0, 0.1) is 0 Å². The molecule has 4 aromatic rings. The number of unbranched alkanes of at least 4 members (excludes halogenated alkanes) is 1. The van der Waals surface area contributed by atoms with Gasteiger partial charge in [0.15, 0.2) is 0 Å². The smallest absolute Gasteiger partial charge is 0.320 e. The van der Waals surface area contributed by atoms with Crippen LogP contribution in [0.1, 0.15) is 48.8 Å². The molecule has 4 rings (SSSR count). The summed E-state index contributed by atoms with van der Waals surface area (Å²) >= 11 is 0. The van der Waals surface area contributed by atoms with Crippen LogP contribution in [-0.4, -0.2) is 108 Å². The number of hydrogen-bond donors (Lipinski definition) is 14. The molecule has 20 heteroatoms. The molecule has 0 aliphatic carbocycles. The molecule has 0 bridgehead atoms. The standard InChI is InChI=1S/C11H12N2O2.C9H11NO3.C9H11NO2.C6H14N2O2.C5H10N2O3/c12-9(11(14)15)5-7-6-13-10-4-2-1-3-8(7)10;10-8(9(12)13)5-6-1-3-7(11)4-2-6;10-8(9(11)12)6-7-4-2-1-3-5-7;7-4-2-1-3-5(8)6(9)10;6-3(5(9)10)1-2-4(7)8/h1-4,6,9,13H,5,12H2,(H,14,15);1-4,8,11H,5,10H2,(H,12,13);1-5,8H,6,10H2,(H,11,12);5H,1-4,7-8H2,(H,9,10);3H,1-2,6H2,(H2,7,8)(H,9,10). The largest absolute Gasteiger partial charge is 0.508 e. The van der Waals surface area contributed by atoms with Crippen molar-refractivity contribution in [3.8, 4) is 5.75 Å². The summed E-state index contributed by atoms with van der Waals surface area (Å²) in [5.41, 5.74) is 40.1. The van der Waals surface area contributed by atoms with Gasteiger partial charge in [0.2, 0.25) is 5.91 Å². The van der Waals surface area contributed by atoms with Crippen LogP contribution in [-0.2, 0) is 48.0 Å². The first-order chi connectivity index (χ1) is 28.2. The molecule has 5 atom stereocenters. The lowest BCUT2D eigenvalue weighted by atomic mass is 10.1. The molecule has 0 radical (unpaired) electrons. The molecule has 20 nitrogen and oxygen atoms in total. The third kappa shape index (κ3) is 24.4. The summed E-state index contributed by atoms with van der Waals surface area (Å²) in [7, 11) is 0. The summed E-state index contributed by atoms with van der Waals surface area (Å²) in [6.45, 7) is 0.604. The van der Waals surface area contributed by atoms with Gasteiger partial charge in [-0.1, -0.05) is 67.1 Å². The Morgan fingerprint density at radius 1 is 0.533 bits per heavy atom. The SMILES string of the molecule is NC(=O)CCC(N)C(=O)O.NC(Cc1c[nH]c2ccccc12)C(=O)O.NC(Cc1ccc(O)cc1)C(=O)O.NC(Cc1ccccc1)C(=O)O.NCCCCC(N)C(=O)O. The molecule has 21 N–H and O–H groups in total. The van der Waals surface area contributed by atoms with Crippen molar-refractivity contribution < 1.29 is 59.4 Å². The Labute approximate surface area is 346 Å². The van der Waals surface area contributed by atoms with Gasteiger partial charge in [-0.3, -0.25) is 28.8 Å². The van der Waals surface area contributed by atoms with Crippen LogP contribution in [0.5, 0.6) is 5.75 Å². The third-order valence-electron chi connectivity index (χ3n) is 8.06. The number of carbonyl (C=O) groups excluding carboxylic acids is 1. The van der Waals surface area contributed by atoms with Gasteiger partial charge >= 0.3 is 29.8 Å². The number of fused-ring (bicyclic) bond motifs is 1. The van der Waals surface area contributed by atoms with Gasteiger partial charge in [0, 0.05) is 29.9 Å². The molecule has 0 aliphatic rings. The molecule has 0 fully saturated rings. The van der Waals surface area contributed by atoms with E-state index in [0.717, 1.165) is 40.4 Å². The number of H-pyrrole nitrogens is 1. The van der Waals surface area contributed by atoms with E-state index in [1.165, 1.54) is 12.1 Å². The van der Waals surface area contributed by atoms with Crippen molar-refractivity contribution in [1.82, 2.24) is 4.98 Å². The fraction of sp³-hybridized carbons (Fsp3) is 0.350. The van der Waals surface area contributed by atoms with Gasteiger partial charge in [0.1, 0.15) is 36.0 Å². The van der Waals surface area contributed by atoms with Gasteiger partial charge in [0.05, 0.1) is 0 Å². The van der Waals surface area contributed by atoms with Crippen molar-refractivity contribution in [2.75, 3.05) is 6.54 Å². The lowest BCUT2D eigenvalue weighted by Crippen LogP contribution is -2.32. The quantitative estimate of drug-likeness (QED) is 0.0599. The molecule has 3 aromatic carbocycles. The number of para-hydroxylation sites is 1. The zero-order valence-electron chi connectivity index (χ0n) is 33.0. The van der Waals surface area contributed by atoms with Crippen molar-refractivity contribution in [1.29, 1.82) is 0 Å². The first-order valence-corrected chi connectivity index (χ1v) is 18.5. The highest BCUT2D eigenvalue weighted by Crippen LogP contribution is 2.18. The van der Waals surface area contributed by atoms with E-state index in [9.17, 15) is 28.8 Å². The fourth-order valence-electron chi connectivity index (χ4n) is 4.61. The third-order valence-corrected chi connectivity index (χ3v) is 8.06. The van der Waals surface area contributed by atoms with Crippen LogP contribution in [0.2, 0.25) is 0 Å². The first-order valence-electron chi connectivity index (χ1n) is 18.5. The minimum Gasteiger partial charge on any atom is -0.508 e. The van der Waals surface area contributed by atoms with E-state index in [4.69, 9.17) is 70.8 Å². The Balaban J connectivity index is 0.000000733. The number of carboxylic acid groups (broad SMARTS) is 5. The summed E-state index contributed by atoms with van der Waals surface area (Å²) in [4.78, 5) is 64.8. The van der Waals surface area contributed by atoms with Crippen LogP contribution in [0.4, 0.5) is 0 Å². The zero-order valence-corrected chi connectivity index (χ0v) is 33.0. The van der Waals surface area contributed by atoms with Gasteiger partial charge in [-0.25, -0.2) is 0 Å². The summed E-state index contributed by atoms with van der Waals surface area (Å²) in [5, 5.41) is 52.3. The molecule has 5 unspecified atom stereocenters. The van der Waals surface area contributed by atoms with Crippen LogP contribution >= 0.6 is 0 Å². The van der Waals surface area contributed by atoms with Crippen LogP contribution < -0.4 is 40.1 Å². The normalized spacial score (nSPS) is 12.6. The van der Waals surface area contributed by atoms with Crippen LogP contribution in [0.3, 0.4) is 0 Å². The molecule has 0 spiro atoms. The van der Waals surface area contributed by atoms with Gasteiger partial charge in [0.25, 0.3) is 0 Å².